The number of hydrogen-bond acceptors (Lipinski definition) is 3. The topological polar surface area (TPSA) is 75.1 Å². The minimum absolute atomic E-state index is 0.0480. The van der Waals surface area contributed by atoms with Crippen molar-refractivity contribution >= 4 is 5.78 Å². The second kappa shape index (κ2) is 6.96. The normalized spacial score (nSPS) is 32.2. The maximum atomic E-state index is 12.4. The van der Waals surface area contributed by atoms with Crippen LogP contribution in [-0.2, 0) is 11.2 Å². The number of Topliss-reactive ketones (excluding diaryl/α,β-unsaturated/α-hetero) is 1. The number of carbonyl (C=O) groups is 1. The molecule has 5 heteroatoms. The number of fused-ring (bicyclic) bond motifs is 5. The summed E-state index contributed by atoms with van der Waals surface area (Å²) >= 11 is 0. The summed E-state index contributed by atoms with van der Waals surface area (Å²) in [5, 5.41) is 3.53. The number of nitrogens with zero attached hydrogens (tertiary/aromatic N) is 3. The molecule has 2 saturated carbocycles. The van der Waals surface area contributed by atoms with Gasteiger partial charge < -0.3 is 4.74 Å². The fraction of sp³-hybridized carbons (Fsp3) is 0.667. The summed E-state index contributed by atoms with van der Waals surface area (Å²) in [4.78, 5) is 15.2. The number of benzene rings is 1. The molecule has 0 N–H and O–H groups in total. The fourth-order valence-corrected chi connectivity index (χ4v) is 5.79. The van der Waals surface area contributed by atoms with Gasteiger partial charge >= 0.3 is 0 Å². The number of hydrogen-bond donors (Lipinski definition) is 0. The van der Waals surface area contributed by atoms with E-state index in [-0.39, 0.29) is 5.41 Å². The third-order valence-electron chi connectivity index (χ3n) is 7.14. The van der Waals surface area contributed by atoms with Crippen molar-refractivity contribution < 1.29 is 9.53 Å². The van der Waals surface area contributed by atoms with Gasteiger partial charge in [0.25, 0.3) is 0 Å². The quantitative estimate of drug-likeness (QED) is 0.316. The second-order valence-electron chi connectivity index (χ2n) is 8.35. The first-order valence-corrected chi connectivity index (χ1v) is 9.93. The van der Waals surface area contributed by atoms with Gasteiger partial charge in [-0.15, -0.1) is 0 Å². The molecule has 0 aliphatic heterocycles. The van der Waals surface area contributed by atoms with Crippen molar-refractivity contribution in [1.82, 2.24) is 0 Å². The molecule has 0 amide bonds. The molecule has 0 bridgehead atoms. The van der Waals surface area contributed by atoms with Crippen LogP contribution in [0.3, 0.4) is 0 Å². The first kappa shape index (κ1) is 17.4. The average molecular weight is 353 g/mol. The zero-order valence-corrected chi connectivity index (χ0v) is 15.5. The molecule has 3 aliphatic rings. The summed E-state index contributed by atoms with van der Waals surface area (Å²) in [5.74, 6) is 3.29. The third-order valence-corrected chi connectivity index (χ3v) is 7.14. The van der Waals surface area contributed by atoms with Crippen LogP contribution in [0.4, 0.5) is 0 Å². The number of ether oxygens (including phenoxy) is 1. The van der Waals surface area contributed by atoms with E-state index in [1.165, 1.54) is 17.5 Å². The first-order valence-electron chi connectivity index (χ1n) is 9.93. The highest BCUT2D eigenvalue weighted by molar-refractivity contribution is 5.87. The monoisotopic (exact) mass is 353 g/mol. The van der Waals surface area contributed by atoms with Gasteiger partial charge in [0.15, 0.2) is 0 Å². The van der Waals surface area contributed by atoms with E-state index in [0.29, 0.717) is 36.7 Å². The molecule has 138 valence electrons. The number of carbonyl (C=O) groups excluding carboxylic acids is 1. The third kappa shape index (κ3) is 2.88. The number of rotatable bonds is 5. The second-order valence-corrected chi connectivity index (χ2v) is 8.35. The Balaban J connectivity index is 1.47. The lowest BCUT2D eigenvalue weighted by Crippen LogP contribution is -2.42. The Kier molecular flexibility index (Phi) is 4.66. The Labute approximate surface area is 154 Å². The fourth-order valence-electron chi connectivity index (χ4n) is 5.79. The van der Waals surface area contributed by atoms with Crippen molar-refractivity contribution in [1.29, 1.82) is 0 Å². The Morgan fingerprint density at radius 3 is 3.04 bits per heavy atom. The molecule has 0 radical (unpaired) electrons. The van der Waals surface area contributed by atoms with Crippen LogP contribution in [0.1, 0.15) is 62.5 Å². The summed E-state index contributed by atoms with van der Waals surface area (Å²) in [6.07, 6.45) is 7.11. The lowest BCUT2D eigenvalue weighted by atomic mass is 9.55. The summed E-state index contributed by atoms with van der Waals surface area (Å²) in [6.45, 7) is 3.28. The predicted octanol–water partition coefficient (Wildman–Crippen LogP) is 5.19. The van der Waals surface area contributed by atoms with E-state index in [1.54, 1.807) is 0 Å². The highest BCUT2D eigenvalue weighted by Crippen LogP contribution is 2.59. The van der Waals surface area contributed by atoms with Crippen molar-refractivity contribution in [3.63, 3.8) is 0 Å². The molecular formula is C21H27N3O2. The molecule has 0 spiro atoms. The summed E-state index contributed by atoms with van der Waals surface area (Å²) in [7, 11) is 0. The minimum Gasteiger partial charge on any atom is -0.494 e. The van der Waals surface area contributed by atoms with E-state index < -0.39 is 0 Å². The zero-order valence-electron chi connectivity index (χ0n) is 15.5. The first-order chi connectivity index (χ1) is 12.6. The summed E-state index contributed by atoms with van der Waals surface area (Å²) < 4.78 is 5.83. The molecule has 0 saturated heterocycles. The number of azide groups is 1. The molecular weight excluding hydrogens is 326 g/mol. The molecule has 1 aromatic rings. The van der Waals surface area contributed by atoms with Crippen molar-refractivity contribution in [3.8, 4) is 5.75 Å². The highest BCUT2D eigenvalue weighted by Gasteiger charge is 2.54. The van der Waals surface area contributed by atoms with Crippen molar-refractivity contribution in [2.75, 3.05) is 13.2 Å². The van der Waals surface area contributed by atoms with Crippen molar-refractivity contribution in [2.24, 2.45) is 22.4 Å². The standard InChI is InChI=1S/C21H27N3O2/c1-21-10-9-17-16-6-4-15(26-12-2-11-23-24-22)13-14(16)3-5-18(17)19(21)7-8-20(21)25/h4,6,13,17-19H,2-3,5,7-12H2,1H3/t17-,18-,19+,21+/m1/s1. The van der Waals surface area contributed by atoms with E-state index in [4.69, 9.17) is 10.3 Å². The number of ketones is 1. The van der Waals surface area contributed by atoms with Gasteiger partial charge in [0.05, 0.1) is 6.61 Å². The lowest BCUT2D eigenvalue weighted by molar-refractivity contribution is -0.129. The zero-order chi connectivity index (χ0) is 18.1. The van der Waals surface area contributed by atoms with Gasteiger partial charge in [-0.25, -0.2) is 0 Å². The van der Waals surface area contributed by atoms with Crippen LogP contribution in [-0.4, -0.2) is 18.9 Å². The van der Waals surface area contributed by atoms with Gasteiger partial charge in [-0.2, -0.15) is 0 Å². The maximum absolute atomic E-state index is 12.4. The van der Waals surface area contributed by atoms with Crippen LogP contribution in [0.2, 0.25) is 0 Å². The van der Waals surface area contributed by atoms with E-state index in [0.717, 1.165) is 44.3 Å². The molecule has 1 aromatic carbocycles. The lowest BCUT2D eigenvalue weighted by Gasteiger charge is -2.48. The molecule has 4 rings (SSSR count). The summed E-state index contributed by atoms with van der Waals surface area (Å²) in [5.41, 5.74) is 11.2. The summed E-state index contributed by atoms with van der Waals surface area (Å²) in [6, 6.07) is 6.55. The van der Waals surface area contributed by atoms with Gasteiger partial charge in [-0.3, -0.25) is 4.79 Å². The van der Waals surface area contributed by atoms with E-state index in [9.17, 15) is 4.79 Å². The number of aryl methyl sites for hydroxylation is 1. The Hall–Kier alpha value is -2.00. The molecule has 2 fully saturated rings. The Morgan fingerprint density at radius 1 is 1.31 bits per heavy atom. The van der Waals surface area contributed by atoms with Gasteiger partial charge in [-0.05, 0) is 85.1 Å². The molecule has 26 heavy (non-hydrogen) atoms. The van der Waals surface area contributed by atoms with Crippen LogP contribution in [0.25, 0.3) is 10.4 Å². The smallest absolute Gasteiger partial charge is 0.139 e. The largest absolute Gasteiger partial charge is 0.494 e. The maximum Gasteiger partial charge on any atom is 0.139 e. The van der Waals surface area contributed by atoms with Gasteiger partial charge in [-0.1, -0.05) is 18.1 Å². The average Bonchev–Trinajstić information content (AvgIpc) is 2.96. The molecule has 0 unspecified atom stereocenters. The van der Waals surface area contributed by atoms with Crippen LogP contribution < -0.4 is 4.74 Å². The van der Waals surface area contributed by atoms with Crippen LogP contribution in [0, 0.1) is 17.3 Å². The van der Waals surface area contributed by atoms with Crippen molar-refractivity contribution in [2.45, 2.75) is 57.8 Å². The minimum atomic E-state index is -0.0480. The Morgan fingerprint density at radius 2 is 2.19 bits per heavy atom. The van der Waals surface area contributed by atoms with Gasteiger partial charge in [0, 0.05) is 23.3 Å². The molecule has 0 heterocycles. The van der Waals surface area contributed by atoms with Gasteiger partial charge in [0.2, 0.25) is 0 Å². The van der Waals surface area contributed by atoms with E-state index >= 15 is 0 Å². The highest BCUT2D eigenvalue weighted by atomic mass is 16.5. The van der Waals surface area contributed by atoms with Crippen molar-refractivity contribution in [3.05, 3.63) is 39.8 Å². The Bertz CT molecular complexity index is 756. The van der Waals surface area contributed by atoms with E-state index in [1.807, 2.05) is 0 Å². The predicted molar refractivity (Wildman–Crippen MR) is 100 cm³/mol. The van der Waals surface area contributed by atoms with Crippen LogP contribution >= 0.6 is 0 Å². The van der Waals surface area contributed by atoms with Crippen LogP contribution in [0.15, 0.2) is 23.3 Å². The van der Waals surface area contributed by atoms with Crippen LogP contribution in [0.5, 0.6) is 5.75 Å². The van der Waals surface area contributed by atoms with Gasteiger partial charge in [0.1, 0.15) is 11.5 Å². The molecule has 5 nitrogen and oxygen atoms in total. The molecule has 3 aliphatic carbocycles. The SMILES string of the molecule is C[C@]12CC[C@@H]3c4ccc(OCCCN=[N+]=[N-])cc4CC[C@H]3[C@@H]1CCC2=O. The molecule has 4 atom stereocenters. The van der Waals surface area contributed by atoms with E-state index in [2.05, 4.69) is 35.1 Å². The molecule has 0 aromatic heterocycles.